The molecule has 0 bridgehead atoms. The maximum atomic E-state index is 7.18. The molecule has 2 rings (SSSR count). The first-order chi connectivity index (χ1) is 16.9. The van der Waals surface area contributed by atoms with Crippen molar-refractivity contribution in [2.45, 2.75) is 114 Å². The molecule has 0 aromatic heterocycles. The molecule has 0 saturated carbocycles. The average Bonchev–Trinajstić information content (AvgIpc) is 2.80. The van der Waals surface area contributed by atoms with E-state index in [0.717, 1.165) is 18.9 Å². The van der Waals surface area contributed by atoms with E-state index in [1.54, 1.807) is 0 Å². The van der Waals surface area contributed by atoms with Crippen molar-refractivity contribution in [2.75, 3.05) is 0 Å². The minimum Gasteiger partial charge on any atom is -0.412 e. The maximum absolute atomic E-state index is 7.18. The highest BCUT2D eigenvalue weighted by Gasteiger charge is 2.51. The van der Waals surface area contributed by atoms with Gasteiger partial charge in [0, 0.05) is 17.0 Å². The van der Waals surface area contributed by atoms with E-state index in [0.29, 0.717) is 11.8 Å². The standard InChI is InChI=1S/C30H50Cl2O2Si3/c1-29(2,35(5,6)21-19-25-11-15-27(23-31)16-12-25)34-37(9,10)30(3,4)33-36(7,8)22-20-26-13-17-28(24-32)18-14-26/h11-18H,19-24H2,1-10H3. The lowest BCUT2D eigenvalue weighted by molar-refractivity contribution is 0.0984. The third-order valence-electron chi connectivity index (χ3n) is 8.53. The van der Waals surface area contributed by atoms with Gasteiger partial charge in [0.25, 0.3) is 0 Å². The third-order valence-corrected chi connectivity index (χ3v) is 21.0. The molecule has 0 aliphatic rings. The molecule has 0 N–H and O–H groups in total. The van der Waals surface area contributed by atoms with Crippen LogP contribution in [0.15, 0.2) is 48.5 Å². The van der Waals surface area contributed by atoms with Gasteiger partial charge < -0.3 is 8.85 Å². The average molecular weight is 598 g/mol. The number of aryl methyl sites for hydroxylation is 2. The van der Waals surface area contributed by atoms with Gasteiger partial charge in [-0.15, -0.1) is 23.2 Å². The van der Waals surface area contributed by atoms with Gasteiger partial charge in [-0.2, -0.15) is 0 Å². The second kappa shape index (κ2) is 12.8. The molecule has 208 valence electrons. The monoisotopic (exact) mass is 596 g/mol. The third kappa shape index (κ3) is 9.33. The van der Waals surface area contributed by atoms with Gasteiger partial charge in [-0.3, -0.25) is 0 Å². The Hall–Kier alpha value is -0.409. The predicted molar refractivity (Wildman–Crippen MR) is 172 cm³/mol. The minimum absolute atomic E-state index is 0.144. The fourth-order valence-corrected chi connectivity index (χ4v) is 14.0. The molecule has 0 atom stereocenters. The summed E-state index contributed by atoms with van der Waals surface area (Å²) in [4.78, 5) is 0. The van der Waals surface area contributed by atoms with Crippen LogP contribution in [0.4, 0.5) is 0 Å². The Kier molecular flexibility index (Phi) is 11.4. The second-order valence-corrected chi connectivity index (χ2v) is 27.9. The molecule has 0 heterocycles. The first kappa shape index (κ1) is 32.8. The lowest BCUT2D eigenvalue weighted by Gasteiger charge is -2.51. The van der Waals surface area contributed by atoms with Gasteiger partial charge in [0.1, 0.15) is 0 Å². The van der Waals surface area contributed by atoms with E-state index in [1.807, 2.05) is 0 Å². The summed E-state index contributed by atoms with van der Waals surface area (Å²) in [6, 6.07) is 19.7. The maximum Gasteiger partial charge on any atom is 0.216 e. The summed E-state index contributed by atoms with van der Waals surface area (Å²) in [5.74, 6) is 1.13. The van der Waals surface area contributed by atoms with E-state index in [9.17, 15) is 0 Å². The Balaban J connectivity index is 2.03. The van der Waals surface area contributed by atoms with Crippen molar-refractivity contribution >= 4 is 47.9 Å². The van der Waals surface area contributed by atoms with Crippen LogP contribution in [0.25, 0.3) is 0 Å². The second-order valence-electron chi connectivity index (χ2n) is 13.3. The number of alkyl halides is 2. The van der Waals surface area contributed by atoms with Crippen LogP contribution in [0.1, 0.15) is 49.9 Å². The number of rotatable bonds is 14. The molecule has 2 aromatic carbocycles. The molecule has 2 aromatic rings. The summed E-state index contributed by atoms with van der Waals surface area (Å²) in [5, 5.41) is -0.417. The van der Waals surface area contributed by atoms with E-state index < -0.39 is 24.7 Å². The van der Waals surface area contributed by atoms with Crippen molar-refractivity contribution < 1.29 is 8.85 Å². The SMILES string of the molecule is CC(C)(O[Si](C)(C)C(C)(C)O[Si](C)(C)CCc1ccc(CCl)cc1)[Si](C)(C)CCc1ccc(CCl)cc1. The number of hydrogen-bond acceptors (Lipinski definition) is 2. The Morgan fingerprint density at radius 3 is 1.35 bits per heavy atom. The van der Waals surface area contributed by atoms with Gasteiger partial charge in [-0.1, -0.05) is 67.7 Å². The summed E-state index contributed by atoms with van der Waals surface area (Å²) < 4.78 is 14.2. The van der Waals surface area contributed by atoms with Crippen LogP contribution in [-0.4, -0.2) is 35.2 Å². The molecular formula is C30H50Cl2O2Si3. The Morgan fingerprint density at radius 1 is 0.568 bits per heavy atom. The summed E-state index contributed by atoms with van der Waals surface area (Å²) in [6.07, 6.45) is 2.13. The Morgan fingerprint density at radius 2 is 0.946 bits per heavy atom. The van der Waals surface area contributed by atoms with E-state index in [2.05, 4.69) is 116 Å². The van der Waals surface area contributed by atoms with Crippen LogP contribution in [-0.2, 0) is 33.5 Å². The zero-order valence-electron chi connectivity index (χ0n) is 24.9. The summed E-state index contributed by atoms with van der Waals surface area (Å²) in [7, 11) is -5.84. The van der Waals surface area contributed by atoms with Gasteiger partial charge in [-0.05, 0) is 95.0 Å². The smallest absolute Gasteiger partial charge is 0.216 e. The molecule has 0 spiro atoms. The first-order valence-corrected chi connectivity index (χ1v) is 23.9. The fraction of sp³-hybridized carbons (Fsp3) is 0.600. The van der Waals surface area contributed by atoms with Crippen LogP contribution in [0, 0.1) is 0 Å². The molecule has 0 saturated heterocycles. The topological polar surface area (TPSA) is 18.5 Å². The van der Waals surface area contributed by atoms with Gasteiger partial charge in [0.15, 0.2) is 8.32 Å². The molecule has 2 nitrogen and oxygen atoms in total. The zero-order chi connectivity index (χ0) is 28.1. The van der Waals surface area contributed by atoms with Crippen LogP contribution in [0.3, 0.4) is 0 Å². The molecule has 37 heavy (non-hydrogen) atoms. The zero-order valence-corrected chi connectivity index (χ0v) is 29.4. The largest absolute Gasteiger partial charge is 0.412 e. The van der Waals surface area contributed by atoms with Crippen molar-refractivity contribution in [3.05, 3.63) is 70.8 Å². The lowest BCUT2D eigenvalue weighted by atomic mass is 10.1. The molecule has 0 amide bonds. The molecule has 0 radical (unpaired) electrons. The predicted octanol–water partition coefficient (Wildman–Crippen LogP) is 9.74. The number of halogens is 2. The molecule has 0 unspecified atom stereocenters. The molecule has 0 aliphatic heterocycles. The Bertz CT molecular complexity index is 985. The summed E-state index contributed by atoms with van der Waals surface area (Å²) in [6.45, 7) is 23.6. The van der Waals surface area contributed by atoms with E-state index >= 15 is 0 Å². The minimum atomic E-state index is -2.21. The molecule has 7 heteroatoms. The summed E-state index contributed by atoms with van der Waals surface area (Å²) >= 11 is 11.9. The fourth-order valence-electron chi connectivity index (χ4n) is 4.56. The first-order valence-electron chi connectivity index (χ1n) is 13.6. The van der Waals surface area contributed by atoms with Gasteiger partial charge >= 0.3 is 0 Å². The van der Waals surface area contributed by atoms with Crippen LogP contribution >= 0.6 is 23.2 Å². The highest BCUT2D eigenvalue weighted by Crippen LogP contribution is 2.38. The van der Waals surface area contributed by atoms with E-state index in [4.69, 9.17) is 32.1 Å². The highest BCUT2D eigenvalue weighted by atomic mass is 35.5. The highest BCUT2D eigenvalue weighted by molar-refractivity contribution is 6.82. The van der Waals surface area contributed by atoms with Gasteiger partial charge in [0.05, 0.1) is 13.3 Å². The van der Waals surface area contributed by atoms with Crippen LogP contribution in [0.2, 0.25) is 51.4 Å². The van der Waals surface area contributed by atoms with Crippen LogP contribution in [0.5, 0.6) is 0 Å². The molecule has 0 aliphatic carbocycles. The van der Waals surface area contributed by atoms with E-state index in [-0.39, 0.29) is 10.4 Å². The van der Waals surface area contributed by atoms with Crippen molar-refractivity contribution in [1.29, 1.82) is 0 Å². The molecular weight excluding hydrogens is 547 g/mol. The van der Waals surface area contributed by atoms with Gasteiger partial charge in [-0.25, -0.2) is 0 Å². The molecule has 0 fully saturated rings. The number of benzene rings is 2. The van der Waals surface area contributed by atoms with Crippen molar-refractivity contribution in [1.82, 2.24) is 0 Å². The van der Waals surface area contributed by atoms with Crippen molar-refractivity contribution in [2.24, 2.45) is 0 Å². The number of hydrogen-bond donors (Lipinski definition) is 0. The van der Waals surface area contributed by atoms with Crippen LogP contribution < -0.4 is 0 Å². The van der Waals surface area contributed by atoms with Gasteiger partial charge in [0.2, 0.25) is 8.32 Å². The Labute approximate surface area is 240 Å². The van der Waals surface area contributed by atoms with E-state index in [1.165, 1.54) is 28.3 Å². The quantitative estimate of drug-likeness (QED) is 0.159. The lowest BCUT2D eigenvalue weighted by Crippen LogP contribution is -2.65. The normalized spacial score (nSPS) is 13.7. The van der Waals surface area contributed by atoms with Crippen molar-refractivity contribution in [3.8, 4) is 0 Å². The summed E-state index contributed by atoms with van der Waals surface area (Å²) in [5.41, 5.74) is 5.09. The van der Waals surface area contributed by atoms with Crippen molar-refractivity contribution in [3.63, 3.8) is 0 Å².